The number of carbonyl (C=O) groups excluding carboxylic acids is 1. The van der Waals surface area contributed by atoms with Gasteiger partial charge in [-0.2, -0.15) is 0 Å². The zero-order valence-corrected chi connectivity index (χ0v) is 11.4. The molecule has 0 spiro atoms. The van der Waals surface area contributed by atoms with Gasteiger partial charge in [-0.1, -0.05) is 29.8 Å². The third-order valence-corrected chi connectivity index (χ3v) is 3.43. The van der Waals surface area contributed by atoms with Gasteiger partial charge in [-0.25, -0.2) is 4.98 Å². The first kappa shape index (κ1) is 13.3. The van der Waals surface area contributed by atoms with Crippen LogP contribution < -0.4 is 10.7 Å². The third-order valence-electron chi connectivity index (χ3n) is 3.11. The zero-order chi connectivity index (χ0) is 15.0. The molecule has 3 aromatic rings. The lowest BCUT2D eigenvalue weighted by atomic mass is 10.2. The van der Waals surface area contributed by atoms with Gasteiger partial charge in [0.1, 0.15) is 6.33 Å². The molecule has 0 saturated heterocycles. The van der Waals surface area contributed by atoms with Crippen LogP contribution in [0.4, 0.5) is 0 Å². The number of aromatic carboxylic acids is 1. The van der Waals surface area contributed by atoms with Crippen LogP contribution in [0, 0.1) is 0 Å². The number of carboxylic acid groups (broad SMARTS) is 1. The highest BCUT2D eigenvalue weighted by atomic mass is 35.5. The van der Waals surface area contributed by atoms with E-state index in [1.165, 1.54) is 29.1 Å². The summed E-state index contributed by atoms with van der Waals surface area (Å²) < 4.78 is 1.22. The SMILES string of the molecule is O=C([O-])c1ccc(Cl)c(-n2cnc3ccccc3c2=O)c1. The van der Waals surface area contributed by atoms with Gasteiger partial charge in [0.2, 0.25) is 0 Å². The van der Waals surface area contributed by atoms with Crippen molar-refractivity contribution in [1.29, 1.82) is 0 Å². The average Bonchev–Trinajstić information content (AvgIpc) is 2.49. The van der Waals surface area contributed by atoms with Crippen LogP contribution in [0.15, 0.2) is 53.6 Å². The number of para-hydroxylation sites is 1. The lowest BCUT2D eigenvalue weighted by Gasteiger charge is -2.11. The molecular weight excluding hydrogens is 292 g/mol. The summed E-state index contributed by atoms with van der Waals surface area (Å²) in [7, 11) is 0. The number of benzene rings is 2. The highest BCUT2D eigenvalue weighted by Crippen LogP contribution is 2.21. The van der Waals surface area contributed by atoms with Crippen LogP contribution in [0.25, 0.3) is 16.6 Å². The minimum atomic E-state index is -1.34. The number of hydrogen-bond acceptors (Lipinski definition) is 4. The van der Waals surface area contributed by atoms with Gasteiger partial charge in [0, 0.05) is 0 Å². The Morgan fingerprint density at radius 1 is 1.19 bits per heavy atom. The molecule has 0 aliphatic heterocycles. The van der Waals surface area contributed by atoms with E-state index >= 15 is 0 Å². The number of nitrogens with zero attached hydrogens (tertiary/aromatic N) is 2. The Morgan fingerprint density at radius 2 is 1.95 bits per heavy atom. The van der Waals surface area contributed by atoms with Crippen molar-refractivity contribution in [3.8, 4) is 5.69 Å². The number of aromatic nitrogens is 2. The number of carboxylic acids is 1. The zero-order valence-electron chi connectivity index (χ0n) is 10.6. The van der Waals surface area contributed by atoms with Crippen LogP contribution >= 0.6 is 11.6 Å². The summed E-state index contributed by atoms with van der Waals surface area (Å²) in [5.74, 6) is -1.34. The molecule has 0 N–H and O–H groups in total. The molecule has 1 aromatic heterocycles. The summed E-state index contributed by atoms with van der Waals surface area (Å²) in [6.45, 7) is 0. The van der Waals surface area contributed by atoms with Crippen molar-refractivity contribution < 1.29 is 9.90 Å². The molecule has 104 valence electrons. The van der Waals surface area contributed by atoms with Crippen molar-refractivity contribution >= 4 is 28.5 Å². The second kappa shape index (κ2) is 5.03. The summed E-state index contributed by atoms with van der Waals surface area (Å²) in [6.07, 6.45) is 1.32. The second-order valence-corrected chi connectivity index (χ2v) is 4.80. The average molecular weight is 300 g/mol. The minimum absolute atomic E-state index is 0.0607. The van der Waals surface area contributed by atoms with Gasteiger partial charge >= 0.3 is 0 Å². The highest BCUT2D eigenvalue weighted by Gasteiger charge is 2.09. The van der Waals surface area contributed by atoms with Crippen LogP contribution in [0.1, 0.15) is 10.4 Å². The predicted molar refractivity (Wildman–Crippen MR) is 76.7 cm³/mol. The number of carbonyl (C=O) groups is 1. The summed E-state index contributed by atoms with van der Waals surface area (Å²) in [4.78, 5) is 27.6. The molecule has 2 aromatic carbocycles. The largest absolute Gasteiger partial charge is 0.545 e. The second-order valence-electron chi connectivity index (χ2n) is 4.39. The van der Waals surface area contributed by atoms with E-state index in [1.54, 1.807) is 24.3 Å². The van der Waals surface area contributed by atoms with Gasteiger partial charge in [-0.15, -0.1) is 0 Å². The fraction of sp³-hybridized carbons (Fsp3) is 0. The smallest absolute Gasteiger partial charge is 0.265 e. The van der Waals surface area contributed by atoms with E-state index in [2.05, 4.69) is 4.98 Å². The van der Waals surface area contributed by atoms with E-state index in [4.69, 9.17) is 11.6 Å². The van der Waals surface area contributed by atoms with E-state index in [0.29, 0.717) is 10.9 Å². The first-order valence-electron chi connectivity index (χ1n) is 6.05. The van der Waals surface area contributed by atoms with Gasteiger partial charge in [0.15, 0.2) is 0 Å². The molecule has 21 heavy (non-hydrogen) atoms. The van der Waals surface area contributed by atoms with Crippen molar-refractivity contribution in [2.75, 3.05) is 0 Å². The molecule has 0 atom stereocenters. The fourth-order valence-corrected chi connectivity index (χ4v) is 2.27. The summed E-state index contributed by atoms with van der Waals surface area (Å²) in [6, 6.07) is 10.9. The monoisotopic (exact) mass is 299 g/mol. The van der Waals surface area contributed by atoms with Crippen molar-refractivity contribution in [3.05, 3.63) is 69.7 Å². The molecule has 1 heterocycles. The maximum absolute atomic E-state index is 12.5. The lowest BCUT2D eigenvalue weighted by molar-refractivity contribution is -0.255. The van der Waals surface area contributed by atoms with E-state index in [0.717, 1.165) is 0 Å². The summed E-state index contributed by atoms with van der Waals surface area (Å²) in [5.41, 5.74) is 0.431. The van der Waals surface area contributed by atoms with Gasteiger partial charge in [-0.3, -0.25) is 9.36 Å². The number of fused-ring (bicyclic) bond motifs is 1. The van der Waals surface area contributed by atoms with E-state index in [9.17, 15) is 14.7 Å². The fourth-order valence-electron chi connectivity index (χ4n) is 2.07. The van der Waals surface area contributed by atoms with Gasteiger partial charge in [0.25, 0.3) is 5.56 Å². The maximum atomic E-state index is 12.5. The molecule has 0 unspecified atom stereocenters. The first-order valence-corrected chi connectivity index (χ1v) is 6.43. The summed E-state index contributed by atoms with van der Waals surface area (Å²) in [5, 5.41) is 11.6. The Bertz CT molecular complexity index is 918. The number of rotatable bonds is 2. The van der Waals surface area contributed by atoms with E-state index < -0.39 is 5.97 Å². The molecule has 0 aliphatic rings. The Kier molecular flexibility index (Phi) is 3.19. The molecule has 6 heteroatoms. The normalized spacial score (nSPS) is 10.7. The molecule has 0 fully saturated rings. The molecule has 0 radical (unpaired) electrons. The quantitative estimate of drug-likeness (QED) is 0.717. The Hall–Kier alpha value is -2.66. The highest BCUT2D eigenvalue weighted by molar-refractivity contribution is 6.32. The summed E-state index contributed by atoms with van der Waals surface area (Å²) >= 11 is 6.06. The van der Waals surface area contributed by atoms with E-state index in [1.807, 2.05) is 0 Å². The van der Waals surface area contributed by atoms with Crippen molar-refractivity contribution in [1.82, 2.24) is 9.55 Å². The first-order chi connectivity index (χ1) is 10.1. The van der Waals surface area contributed by atoms with E-state index in [-0.39, 0.29) is 21.8 Å². The molecule has 0 aliphatic carbocycles. The molecule has 3 rings (SSSR count). The molecular formula is C15H8ClN2O3-. The molecule has 0 amide bonds. The van der Waals surface area contributed by atoms with Gasteiger partial charge < -0.3 is 9.90 Å². The van der Waals surface area contributed by atoms with Crippen molar-refractivity contribution in [2.24, 2.45) is 0 Å². The van der Waals surface area contributed by atoms with Crippen molar-refractivity contribution in [2.45, 2.75) is 0 Å². The molecule has 5 nitrogen and oxygen atoms in total. The van der Waals surface area contributed by atoms with Crippen LogP contribution in [0.5, 0.6) is 0 Å². The van der Waals surface area contributed by atoms with Crippen LogP contribution in [0.3, 0.4) is 0 Å². The van der Waals surface area contributed by atoms with Crippen molar-refractivity contribution in [3.63, 3.8) is 0 Å². The maximum Gasteiger partial charge on any atom is 0.265 e. The number of halogens is 1. The van der Waals surface area contributed by atoms with Crippen LogP contribution in [-0.4, -0.2) is 15.5 Å². The third kappa shape index (κ3) is 2.28. The minimum Gasteiger partial charge on any atom is -0.545 e. The topological polar surface area (TPSA) is 75.0 Å². The number of hydrogen-bond donors (Lipinski definition) is 0. The Labute approximate surface area is 124 Å². The molecule has 0 bridgehead atoms. The van der Waals surface area contributed by atoms with Gasteiger partial charge in [0.05, 0.1) is 27.6 Å². The Morgan fingerprint density at radius 3 is 2.71 bits per heavy atom. The van der Waals surface area contributed by atoms with Crippen LogP contribution in [-0.2, 0) is 0 Å². The Balaban J connectivity index is 2.30. The predicted octanol–water partition coefficient (Wildman–Crippen LogP) is 1.40. The van der Waals surface area contributed by atoms with Crippen LogP contribution in [0.2, 0.25) is 5.02 Å². The van der Waals surface area contributed by atoms with Gasteiger partial charge in [-0.05, 0) is 29.8 Å². The lowest BCUT2D eigenvalue weighted by Crippen LogP contribution is -2.23. The molecule has 0 saturated carbocycles. The standard InChI is InChI=1S/C15H9ClN2O3/c16-11-6-5-9(15(20)21)7-13(11)18-8-17-12-4-2-1-3-10(12)14(18)19/h1-8H,(H,20,21)/p-1.